The molecule has 1 heterocycles. The van der Waals surface area contributed by atoms with Gasteiger partial charge < -0.3 is 42.3 Å². The Morgan fingerprint density at radius 1 is 0.941 bits per heavy atom. The molecule has 2 aromatic rings. The topological polar surface area (TPSA) is 45.7 Å². The third-order valence-electron chi connectivity index (χ3n) is 1.37. The summed E-state index contributed by atoms with van der Waals surface area (Å²) in [6.07, 6.45) is 1.61. The fourth-order valence-electron chi connectivity index (χ4n) is 0.761. The first kappa shape index (κ1) is 22.1. The molecule has 0 amide bonds. The van der Waals surface area contributed by atoms with Gasteiger partial charge in [0, 0.05) is 0 Å². The van der Waals surface area contributed by atoms with Crippen molar-refractivity contribution in [1.82, 2.24) is 0 Å². The predicted molar refractivity (Wildman–Crippen MR) is 48.9 cm³/mol. The van der Waals surface area contributed by atoms with Crippen LogP contribution in [-0.2, 0) is 24.6 Å². The molecule has 0 aliphatic carbocycles. The summed E-state index contributed by atoms with van der Waals surface area (Å²) in [6.45, 7) is 0. The summed E-state index contributed by atoms with van der Waals surface area (Å²) in [5.41, 5.74) is 0. The van der Waals surface area contributed by atoms with E-state index >= 15 is 0 Å². The van der Waals surface area contributed by atoms with Crippen LogP contribution in [0.3, 0.4) is 0 Å². The molecule has 2 rings (SSSR count). The molecule has 0 saturated heterocycles. The maximum absolute atomic E-state index is 8.63. The van der Waals surface area contributed by atoms with Crippen molar-refractivity contribution in [2.24, 2.45) is 2.87 Å². The van der Waals surface area contributed by atoms with E-state index in [0.29, 0.717) is 5.75 Å². The van der Waals surface area contributed by atoms with Gasteiger partial charge in [-0.1, -0.05) is 18.2 Å². The number of furan rings is 1. The van der Waals surface area contributed by atoms with Gasteiger partial charge in [-0.3, -0.25) is 0 Å². The number of hydrogen-bond acceptors (Lipinski definition) is 3. The van der Waals surface area contributed by atoms with E-state index in [1.165, 1.54) is 0 Å². The normalized spacial score (nSPS) is 7.00. The summed E-state index contributed by atoms with van der Waals surface area (Å²) < 4.78 is 8.69. The Labute approximate surface area is 134 Å². The number of nitrogens with zero attached hydrogens (tertiary/aromatic N) is 1. The van der Waals surface area contributed by atoms with Crippen molar-refractivity contribution < 1.29 is 71.3 Å². The Morgan fingerprint density at radius 3 is 1.76 bits per heavy atom. The van der Waals surface area contributed by atoms with Crippen molar-refractivity contribution >= 4 is 5.88 Å². The standard InChI is InChI=1S/C6H6O.C4H3NO.3ClH.Zr/c7-6-4-2-1-3-5-6;5-4-2-1-3-6-4;;;;/h1-5,7H;1-3H;3*1H;/p-3. The van der Waals surface area contributed by atoms with Gasteiger partial charge in [0.05, 0.1) is 0 Å². The minimum atomic E-state index is 0. The molecule has 0 bridgehead atoms. The minimum absolute atomic E-state index is 0. The molecule has 1 aromatic heterocycles. The van der Waals surface area contributed by atoms with E-state index in [1.54, 1.807) is 30.5 Å². The molecule has 0 saturated carbocycles. The third kappa shape index (κ3) is 10.7. The van der Waals surface area contributed by atoms with Crippen molar-refractivity contribution in [3.8, 4) is 5.75 Å². The van der Waals surface area contributed by atoms with Gasteiger partial charge in [-0.15, -0.1) is 0 Å². The van der Waals surface area contributed by atoms with Crippen LogP contribution in [0.5, 0.6) is 5.75 Å². The molecule has 0 aliphatic rings. The molecular weight excluding hydrogens is 364 g/mol. The zero-order valence-corrected chi connectivity index (χ0v) is 13.3. The molecule has 1 aromatic carbocycles. The van der Waals surface area contributed by atoms with E-state index in [2.05, 4.69) is 2.87 Å². The number of hydrogen-bond donors (Lipinski definition) is 1. The van der Waals surface area contributed by atoms with Crippen LogP contribution in [-0.4, -0.2) is 5.11 Å². The molecule has 3 nitrogen and oxygen atoms in total. The Kier molecular flexibility index (Phi) is 18.1. The van der Waals surface area contributed by atoms with Crippen molar-refractivity contribution in [3.63, 3.8) is 0 Å². The third-order valence-corrected chi connectivity index (χ3v) is 1.91. The Hall–Kier alpha value is -0.147. The van der Waals surface area contributed by atoms with Crippen LogP contribution in [0.15, 0.2) is 56.0 Å². The summed E-state index contributed by atoms with van der Waals surface area (Å²) in [6, 6.07) is 12.4. The zero-order valence-electron chi connectivity index (χ0n) is 8.56. The second kappa shape index (κ2) is 13.9. The summed E-state index contributed by atoms with van der Waals surface area (Å²) in [7, 11) is 0. The predicted octanol–water partition coefficient (Wildman–Crippen LogP) is -5.95. The number of aromatic hydroxyl groups is 1. The fourth-order valence-corrected chi connectivity index (χ4v) is 1.07. The maximum atomic E-state index is 8.63. The molecule has 0 spiro atoms. The van der Waals surface area contributed by atoms with E-state index in [0.717, 1.165) is 30.4 Å². The summed E-state index contributed by atoms with van der Waals surface area (Å²) in [4.78, 5) is 0. The van der Waals surface area contributed by atoms with Gasteiger partial charge in [0.2, 0.25) is 0 Å². The van der Waals surface area contributed by atoms with Crippen LogP contribution in [0.4, 0.5) is 5.88 Å². The summed E-state index contributed by atoms with van der Waals surface area (Å²) >= 11 is 1.13. The zero-order chi connectivity index (χ0) is 10.2. The summed E-state index contributed by atoms with van der Waals surface area (Å²) in [5.74, 6) is 1.04. The van der Waals surface area contributed by atoms with E-state index < -0.39 is 0 Å². The van der Waals surface area contributed by atoms with Crippen LogP contribution < -0.4 is 37.2 Å². The molecule has 0 fully saturated rings. The molecule has 94 valence electrons. The van der Waals surface area contributed by atoms with Crippen LogP contribution in [0, 0.1) is 0 Å². The molecule has 7 heteroatoms. The molecule has 1 N–H and O–H groups in total. The summed E-state index contributed by atoms with van der Waals surface area (Å²) in [5, 5.41) is 8.63. The second-order valence-corrected chi connectivity index (χ2v) is 2.95. The van der Waals surface area contributed by atoms with Gasteiger partial charge in [0.25, 0.3) is 0 Å². The molecule has 0 atom stereocenters. The molecule has 17 heavy (non-hydrogen) atoms. The Morgan fingerprint density at radius 2 is 1.53 bits per heavy atom. The molecular formula is C10H9Cl3NO2Zr-3. The quantitative estimate of drug-likeness (QED) is 0.542. The van der Waals surface area contributed by atoms with Gasteiger partial charge in [0.1, 0.15) is 5.75 Å². The second-order valence-electron chi connectivity index (χ2n) is 2.40. The van der Waals surface area contributed by atoms with E-state index in [1.807, 2.05) is 18.2 Å². The molecule has 0 unspecified atom stereocenters. The van der Waals surface area contributed by atoms with E-state index in [4.69, 9.17) is 9.52 Å². The van der Waals surface area contributed by atoms with Crippen molar-refractivity contribution in [2.45, 2.75) is 0 Å². The Bertz CT molecular complexity index is 370. The van der Waals surface area contributed by atoms with Crippen molar-refractivity contribution in [2.75, 3.05) is 0 Å². The Balaban J connectivity index is -0.000000196. The van der Waals surface area contributed by atoms with Gasteiger partial charge in [-0.05, 0) is 12.1 Å². The average molecular weight is 373 g/mol. The van der Waals surface area contributed by atoms with Crippen LogP contribution in [0.1, 0.15) is 0 Å². The molecule has 0 aliphatic heterocycles. The first-order valence-electron chi connectivity index (χ1n) is 3.98. The SMILES string of the molecule is Oc1ccccc1.[Cl-].[Cl-].[Cl-].[Zr]=[N]c1ccco1. The average Bonchev–Trinajstić information content (AvgIpc) is 2.72. The number of para-hydroxylation sites is 1. The first-order valence-corrected chi connectivity index (χ1v) is 5.08. The van der Waals surface area contributed by atoms with Crippen molar-refractivity contribution in [1.29, 1.82) is 0 Å². The van der Waals surface area contributed by atoms with Crippen LogP contribution >= 0.6 is 0 Å². The number of halogens is 3. The van der Waals surface area contributed by atoms with E-state index in [-0.39, 0.29) is 37.2 Å². The van der Waals surface area contributed by atoms with Gasteiger partial charge in [-0.2, -0.15) is 0 Å². The van der Waals surface area contributed by atoms with Crippen LogP contribution in [0.25, 0.3) is 0 Å². The number of rotatable bonds is 1. The number of phenols is 1. The van der Waals surface area contributed by atoms with Gasteiger partial charge in [0.15, 0.2) is 0 Å². The fraction of sp³-hybridized carbons (Fsp3) is 0. The van der Waals surface area contributed by atoms with Gasteiger partial charge in [-0.25, -0.2) is 0 Å². The number of phenolic OH excluding ortho intramolecular Hbond substituents is 1. The monoisotopic (exact) mass is 370 g/mol. The number of benzene rings is 1. The van der Waals surface area contributed by atoms with Crippen LogP contribution in [0.2, 0.25) is 0 Å². The van der Waals surface area contributed by atoms with Gasteiger partial charge >= 0.3 is 56.1 Å². The van der Waals surface area contributed by atoms with Crippen molar-refractivity contribution in [3.05, 3.63) is 48.7 Å². The first-order chi connectivity index (χ1) is 6.83. The van der Waals surface area contributed by atoms with E-state index in [9.17, 15) is 0 Å². The molecule has 0 radical (unpaired) electrons.